The van der Waals surface area contributed by atoms with Gasteiger partial charge in [-0.3, -0.25) is 4.79 Å². The molecule has 0 unspecified atom stereocenters. The number of nitrogens with one attached hydrogen (secondary N) is 1. The highest BCUT2D eigenvalue weighted by atomic mass is 35.5. The summed E-state index contributed by atoms with van der Waals surface area (Å²) in [6.45, 7) is 4.48. The highest BCUT2D eigenvalue weighted by Gasteiger charge is 2.11. The molecule has 23 heavy (non-hydrogen) atoms. The van der Waals surface area contributed by atoms with Crippen molar-refractivity contribution < 1.29 is 9.53 Å². The molecule has 1 N–H and O–H groups in total. The molecule has 0 bridgehead atoms. The Balaban J connectivity index is 0.00000264. The van der Waals surface area contributed by atoms with Gasteiger partial charge in [-0.15, -0.1) is 0 Å². The lowest BCUT2D eigenvalue weighted by Crippen LogP contribution is -2.34. The molecule has 0 aliphatic rings. The van der Waals surface area contributed by atoms with E-state index >= 15 is 0 Å². The number of benzene rings is 2. The quantitative estimate of drug-likeness (QED) is 0.829. The van der Waals surface area contributed by atoms with Crippen molar-refractivity contribution >= 4 is 17.5 Å². The summed E-state index contributed by atoms with van der Waals surface area (Å²) in [5.41, 5.74) is 1.74. The molecule has 1 amide bonds. The molecule has 0 aromatic heterocycles. The van der Waals surface area contributed by atoms with Crippen LogP contribution in [0.25, 0.3) is 0 Å². The summed E-state index contributed by atoms with van der Waals surface area (Å²) in [5, 5.41) is 3.72. The molecule has 2 rings (SSSR count). The van der Waals surface area contributed by atoms with Gasteiger partial charge >= 0.3 is 0 Å². The van der Waals surface area contributed by atoms with E-state index in [4.69, 9.17) is 16.3 Å². The van der Waals surface area contributed by atoms with Crippen molar-refractivity contribution in [2.24, 2.45) is 0 Å². The van der Waals surface area contributed by atoms with E-state index in [-0.39, 0.29) is 19.4 Å². The van der Waals surface area contributed by atoms with Gasteiger partial charge in [-0.05, 0) is 56.2 Å². The highest BCUT2D eigenvalue weighted by Crippen LogP contribution is 2.14. The molecule has 0 radical (unpaired) electrons. The molecular weight excluding hydrogens is 310 g/mol. The normalized spacial score (nSPS) is 11.3. The zero-order chi connectivity index (χ0) is 15.9. The van der Waals surface area contributed by atoms with Gasteiger partial charge in [-0.1, -0.05) is 37.2 Å². The van der Waals surface area contributed by atoms with Crippen LogP contribution in [0.4, 0.5) is 0 Å². The molecule has 0 spiro atoms. The van der Waals surface area contributed by atoms with Crippen LogP contribution < -0.4 is 10.1 Å². The predicted molar refractivity (Wildman–Crippen MR) is 96.4 cm³/mol. The first kappa shape index (κ1) is 19.0. The molecule has 0 saturated heterocycles. The fourth-order valence-electron chi connectivity index (χ4n) is 2.23. The van der Waals surface area contributed by atoms with E-state index in [0.717, 1.165) is 12.0 Å². The zero-order valence-corrected chi connectivity index (χ0v) is 13.6. The summed E-state index contributed by atoms with van der Waals surface area (Å²) in [7, 11) is 0. The van der Waals surface area contributed by atoms with Gasteiger partial charge in [0.05, 0.1) is 6.61 Å². The van der Waals surface area contributed by atoms with Crippen LogP contribution in [0, 0.1) is 0 Å². The summed E-state index contributed by atoms with van der Waals surface area (Å²) >= 11 is 5.87. The average molecular weight is 334 g/mol. The van der Waals surface area contributed by atoms with Gasteiger partial charge in [0.25, 0.3) is 5.91 Å². The Bertz CT molecular complexity index is 626. The van der Waals surface area contributed by atoms with Gasteiger partial charge in [-0.2, -0.15) is 0 Å². The second-order valence-electron chi connectivity index (χ2n) is 5.17. The third-order valence-electron chi connectivity index (χ3n) is 3.24. The summed E-state index contributed by atoms with van der Waals surface area (Å²) in [6.07, 6.45) is 0.758. The van der Waals surface area contributed by atoms with Crippen LogP contribution in [0.15, 0.2) is 48.5 Å². The number of ether oxygens (including phenoxy) is 1. The molecule has 2 aromatic carbocycles. The molecule has 0 aliphatic heterocycles. The topological polar surface area (TPSA) is 38.3 Å². The maximum Gasteiger partial charge on any atom is 0.251 e. The molecule has 0 heterocycles. The fourth-order valence-corrected chi connectivity index (χ4v) is 2.35. The van der Waals surface area contributed by atoms with E-state index in [9.17, 15) is 4.79 Å². The van der Waals surface area contributed by atoms with Crippen molar-refractivity contribution in [3.63, 3.8) is 0 Å². The Kier molecular flexibility index (Phi) is 7.63. The van der Waals surface area contributed by atoms with E-state index in [1.807, 2.05) is 50.2 Å². The summed E-state index contributed by atoms with van der Waals surface area (Å²) < 4.78 is 5.42. The Morgan fingerprint density at radius 2 is 1.91 bits per heavy atom. The number of rotatable bonds is 6. The monoisotopic (exact) mass is 333 g/mol. The van der Waals surface area contributed by atoms with Gasteiger partial charge in [0.15, 0.2) is 0 Å². The first-order chi connectivity index (χ1) is 10.6. The summed E-state index contributed by atoms with van der Waals surface area (Å²) in [6, 6.07) is 14.9. The van der Waals surface area contributed by atoms with Gasteiger partial charge < -0.3 is 10.1 Å². The zero-order valence-electron chi connectivity index (χ0n) is 12.8. The lowest BCUT2D eigenvalue weighted by atomic mass is 10.1. The van der Waals surface area contributed by atoms with Crippen LogP contribution >= 0.6 is 11.6 Å². The molecule has 4 heteroatoms. The van der Waals surface area contributed by atoms with Crippen LogP contribution in [0.5, 0.6) is 5.75 Å². The van der Waals surface area contributed by atoms with Crippen molar-refractivity contribution in [1.82, 2.24) is 5.32 Å². The standard InChI is InChI=1S/C18H20ClNO2.CH4/c1-3-22-17-6-4-5-15(12-17)18(21)20-13(2)11-14-7-9-16(19)10-8-14;/h4-10,12-13H,3,11H2,1-2H3,(H,20,21);1H4/t13-;/m1./s1. The number of halogens is 1. The van der Waals surface area contributed by atoms with E-state index < -0.39 is 0 Å². The number of hydrogen-bond acceptors (Lipinski definition) is 2. The molecule has 1 atom stereocenters. The van der Waals surface area contributed by atoms with Crippen LogP contribution in [-0.4, -0.2) is 18.6 Å². The SMILES string of the molecule is C.CCOc1cccc(C(=O)N[C@H](C)Cc2ccc(Cl)cc2)c1. The average Bonchev–Trinajstić information content (AvgIpc) is 2.50. The fraction of sp³-hybridized carbons (Fsp3) is 0.316. The lowest BCUT2D eigenvalue weighted by Gasteiger charge is -2.14. The van der Waals surface area contributed by atoms with E-state index in [0.29, 0.717) is 22.9 Å². The van der Waals surface area contributed by atoms with Crippen molar-refractivity contribution in [3.8, 4) is 5.75 Å². The second-order valence-corrected chi connectivity index (χ2v) is 5.60. The first-order valence-corrected chi connectivity index (χ1v) is 7.74. The minimum absolute atomic E-state index is 0. The molecule has 0 aliphatic carbocycles. The van der Waals surface area contributed by atoms with Crippen LogP contribution in [0.1, 0.15) is 37.2 Å². The molecule has 0 fully saturated rings. The summed E-state index contributed by atoms with van der Waals surface area (Å²) in [4.78, 5) is 12.3. The Morgan fingerprint density at radius 1 is 1.22 bits per heavy atom. The van der Waals surface area contributed by atoms with Gasteiger partial charge in [0, 0.05) is 16.6 Å². The minimum atomic E-state index is -0.0944. The number of amides is 1. The second kappa shape index (κ2) is 9.21. The maximum absolute atomic E-state index is 12.3. The summed E-state index contributed by atoms with van der Waals surface area (Å²) in [5.74, 6) is 0.614. The van der Waals surface area contributed by atoms with Crippen LogP contribution in [-0.2, 0) is 6.42 Å². The van der Waals surface area contributed by atoms with Gasteiger partial charge in [0.1, 0.15) is 5.75 Å². The molecule has 3 nitrogen and oxygen atoms in total. The third kappa shape index (κ3) is 5.95. The van der Waals surface area contributed by atoms with Crippen LogP contribution in [0.3, 0.4) is 0 Å². The molecule has 2 aromatic rings. The first-order valence-electron chi connectivity index (χ1n) is 7.36. The largest absolute Gasteiger partial charge is 0.494 e. The number of hydrogen-bond donors (Lipinski definition) is 1. The Morgan fingerprint density at radius 3 is 2.57 bits per heavy atom. The van der Waals surface area contributed by atoms with Crippen LogP contribution in [0.2, 0.25) is 5.02 Å². The maximum atomic E-state index is 12.3. The van der Waals surface area contributed by atoms with Crippen molar-refractivity contribution in [1.29, 1.82) is 0 Å². The Hall–Kier alpha value is -2.00. The third-order valence-corrected chi connectivity index (χ3v) is 3.49. The minimum Gasteiger partial charge on any atom is -0.494 e. The van der Waals surface area contributed by atoms with Crippen molar-refractivity contribution in [2.75, 3.05) is 6.61 Å². The van der Waals surface area contributed by atoms with Gasteiger partial charge in [0.2, 0.25) is 0 Å². The number of carbonyl (C=O) groups is 1. The van der Waals surface area contributed by atoms with Crippen molar-refractivity contribution in [3.05, 3.63) is 64.7 Å². The smallest absolute Gasteiger partial charge is 0.251 e. The van der Waals surface area contributed by atoms with E-state index in [1.165, 1.54) is 0 Å². The Labute approximate surface area is 143 Å². The van der Waals surface area contributed by atoms with Gasteiger partial charge in [-0.25, -0.2) is 0 Å². The number of carbonyl (C=O) groups excluding carboxylic acids is 1. The predicted octanol–water partition coefficient (Wildman–Crippen LogP) is 4.74. The lowest BCUT2D eigenvalue weighted by molar-refractivity contribution is 0.0939. The van der Waals surface area contributed by atoms with Crippen molar-refractivity contribution in [2.45, 2.75) is 33.7 Å². The molecular formula is C19H24ClNO2. The molecule has 124 valence electrons. The molecule has 0 saturated carbocycles. The highest BCUT2D eigenvalue weighted by molar-refractivity contribution is 6.30. The van der Waals surface area contributed by atoms with E-state index in [1.54, 1.807) is 12.1 Å². The van der Waals surface area contributed by atoms with E-state index in [2.05, 4.69) is 5.32 Å².